The summed E-state index contributed by atoms with van der Waals surface area (Å²) < 4.78 is 26.0. The van der Waals surface area contributed by atoms with Crippen molar-refractivity contribution in [3.63, 3.8) is 0 Å². The number of benzene rings is 3. The Hall–Kier alpha value is -2.75. The van der Waals surface area contributed by atoms with Crippen LogP contribution >= 0.6 is 0 Å². The number of anilines is 1. The van der Waals surface area contributed by atoms with Gasteiger partial charge in [0.05, 0.1) is 6.42 Å². The van der Waals surface area contributed by atoms with E-state index in [0.717, 1.165) is 28.5 Å². The van der Waals surface area contributed by atoms with E-state index in [-0.39, 0.29) is 18.0 Å². The first-order chi connectivity index (χ1) is 10.6. The Morgan fingerprint density at radius 2 is 1.68 bits per heavy atom. The van der Waals surface area contributed by atoms with Crippen molar-refractivity contribution in [2.75, 3.05) is 5.32 Å². The van der Waals surface area contributed by atoms with Crippen LogP contribution in [0.15, 0.2) is 60.7 Å². The standard InChI is InChI=1S/C18H13F2NO/c19-16-9-8-14(11-17(16)20)21-18(22)10-13-6-3-5-12-4-1-2-7-15(12)13/h1-9,11H,10H2,(H,21,22). The summed E-state index contributed by atoms with van der Waals surface area (Å²) in [7, 11) is 0. The molecule has 0 fully saturated rings. The van der Waals surface area contributed by atoms with Gasteiger partial charge in [-0.1, -0.05) is 42.5 Å². The lowest BCUT2D eigenvalue weighted by molar-refractivity contribution is -0.115. The average Bonchev–Trinajstić information content (AvgIpc) is 2.51. The number of halogens is 2. The molecule has 22 heavy (non-hydrogen) atoms. The van der Waals surface area contributed by atoms with Crippen molar-refractivity contribution in [3.8, 4) is 0 Å². The molecule has 1 amide bonds. The average molecular weight is 297 g/mol. The maximum absolute atomic E-state index is 13.1. The predicted molar refractivity (Wildman–Crippen MR) is 82.6 cm³/mol. The minimum atomic E-state index is -0.983. The third-order valence-corrected chi connectivity index (χ3v) is 3.43. The number of carbonyl (C=O) groups excluding carboxylic acids is 1. The van der Waals surface area contributed by atoms with Crippen molar-refractivity contribution in [3.05, 3.63) is 77.9 Å². The maximum Gasteiger partial charge on any atom is 0.228 e. The molecule has 3 aromatic rings. The van der Waals surface area contributed by atoms with Crippen molar-refractivity contribution in [1.29, 1.82) is 0 Å². The van der Waals surface area contributed by atoms with Crippen LogP contribution < -0.4 is 5.32 Å². The zero-order valence-electron chi connectivity index (χ0n) is 11.6. The molecule has 0 aliphatic heterocycles. The second-order valence-electron chi connectivity index (χ2n) is 4.99. The molecule has 3 aromatic carbocycles. The minimum Gasteiger partial charge on any atom is -0.326 e. The highest BCUT2D eigenvalue weighted by Gasteiger charge is 2.09. The summed E-state index contributed by atoms with van der Waals surface area (Å²) >= 11 is 0. The van der Waals surface area contributed by atoms with Crippen molar-refractivity contribution >= 4 is 22.4 Å². The number of carbonyl (C=O) groups is 1. The van der Waals surface area contributed by atoms with Crippen LogP contribution in [0.3, 0.4) is 0 Å². The Morgan fingerprint density at radius 1 is 0.909 bits per heavy atom. The van der Waals surface area contributed by atoms with Crippen LogP contribution in [0.2, 0.25) is 0 Å². The second kappa shape index (κ2) is 5.93. The van der Waals surface area contributed by atoms with E-state index >= 15 is 0 Å². The van der Waals surface area contributed by atoms with Gasteiger partial charge >= 0.3 is 0 Å². The van der Waals surface area contributed by atoms with Gasteiger partial charge in [0.25, 0.3) is 0 Å². The summed E-state index contributed by atoms with van der Waals surface area (Å²) in [6.07, 6.45) is 0.167. The molecule has 0 aliphatic carbocycles. The molecular formula is C18H13F2NO. The predicted octanol–water partition coefficient (Wildman–Crippen LogP) is 4.30. The maximum atomic E-state index is 13.1. The molecule has 0 aromatic heterocycles. The zero-order chi connectivity index (χ0) is 15.5. The van der Waals surface area contributed by atoms with E-state index < -0.39 is 11.6 Å². The third kappa shape index (κ3) is 2.96. The first-order valence-electron chi connectivity index (χ1n) is 6.85. The smallest absolute Gasteiger partial charge is 0.228 e. The van der Waals surface area contributed by atoms with Gasteiger partial charge in [-0.3, -0.25) is 4.79 Å². The minimum absolute atomic E-state index is 0.167. The normalized spacial score (nSPS) is 10.6. The first-order valence-corrected chi connectivity index (χ1v) is 6.85. The third-order valence-electron chi connectivity index (χ3n) is 3.43. The lowest BCUT2D eigenvalue weighted by Crippen LogP contribution is -2.14. The summed E-state index contributed by atoms with van der Waals surface area (Å²) in [6.45, 7) is 0. The number of fused-ring (bicyclic) bond motifs is 1. The van der Waals surface area contributed by atoms with Crippen LogP contribution in [0.1, 0.15) is 5.56 Å². The van der Waals surface area contributed by atoms with Gasteiger partial charge in [-0.15, -0.1) is 0 Å². The molecule has 0 saturated carbocycles. The van der Waals surface area contributed by atoms with Gasteiger partial charge in [-0.25, -0.2) is 8.78 Å². The molecule has 0 unspecified atom stereocenters. The summed E-state index contributed by atoms with van der Waals surface area (Å²) in [5.41, 5.74) is 1.13. The van der Waals surface area contributed by atoms with Gasteiger partial charge in [0.1, 0.15) is 0 Å². The summed E-state index contributed by atoms with van der Waals surface area (Å²) in [4.78, 5) is 12.1. The van der Waals surface area contributed by atoms with Gasteiger partial charge in [0.2, 0.25) is 5.91 Å². The van der Waals surface area contributed by atoms with Crippen LogP contribution in [-0.4, -0.2) is 5.91 Å². The molecule has 0 bridgehead atoms. The molecule has 0 atom stereocenters. The van der Waals surface area contributed by atoms with E-state index in [1.165, 1.54) is 6.07 Å². The molecule has 0 aliphatic rings. The SMILES string of the molecule is O=C(Cc1cccc2ccccc12)Nc1ccc(F)c(F)c1. The molecule has 1 N–H and O–H groups in total. The van der Waals surface area contributed by atoms with Crippen molar-refractivity contribution in [2.24, 2.45) is 0 Å². The number of hydrogen-bond acceptors (Lipinski definition) is 1. The van der Waals surface area contributed by atoms with E-state index in [0.29, 0.717) is 0 Å². The fraction of sp³-hybridized carbons (Fsp3) is 0.0556. The topological polar surface area (TPSA) is 29.1 Å². The molecule has 0 heterocycles. The number of rotatable bonds is 3. The molecule has 2 nitrogen and oxygen atoms in total. The Balaban J connectivity index is 1.80. The molecule has 3 rings (SSSR count). The van der Waals surface area contributed by atoms with Crippen LogP contribution in [-0.2, 0) is 11.2 Å². The Morgan fingerprint density at radius 3 is 2.50 bits per heavy atom. The number of amides is 1. The molecule has 0 saturated heterocycles. The van der Waals surface area contributed by atoms with Crippen molar-refractivity contribution in [2.45, 2.75) is 6.42 Å². The lowest BCUT2D eigenvalue weighted by atomic mass is 10.0. The molecule has 0 spiro atoms. The summed E-state index contributed by atoms with van der Waals surface area (Å²) in [5.74, 6) is -2.20. The van der Waals surface area contributed by atoms with Gasteiger partial charge < -0.3 is 5.32 Å². The molecular weight excluding hydrogens is 284 g/mol. The van der Waals surface area contributed by atoms with E-state index in [4.69, 9.17) is 0 Å². The van der Waals surface area contributed by atoms with E-state index in [2.05, 4.69) is 5.32 Å². The molecule has 4 heteroatoms. The highest BCUT2D eigenvalue weighted by atomic mass is 19.2. The fourth-order valence-electron chi connectivity index (χ4n) is 2.40. The zero-order valence-corrected chi connectivity index (χ0v) is 11.6. The van der Waals surface area contributed by atoms with Crippen LogP contribution in [0, 0.1) is 11.6 Å². The molecule has 0 radical (unpaired) electrons. The van der Waals surface area contributed by atoms with Gasteiger partial charge in [-0.05, 0) is 28.5 Å². The van der Waals surface area contributed by atoms with Crippen molar-refractivity contribution < 1.29 is 13.6 Å². The quantitative estimate of drug-likeness (QED) is 0.767. The molecule has 110 valence electrons. The Bertz CT molecular complexity index is 840. The number of hydrogen-bond donors (Lipinski definition) is 1. The Kier molecular flexibility index (Phi) is 3.83. The Labute approximate surface area is 126 Å². The van der Waals surface area contributed by atoms with E-state index in [1.807, 2.05) is 42.5 Å². The second-order valence-corrected chi connectivity index (χ2v) is 4.99. The number of nitrogens with one attached hydrogen (secondary N) is 1. The monoisotopic (exact) mass is 297 g/mol. The van der Waals surface area contributed by atoms with Gasteiger partial charge in [-0.2, -0.15) is 0 Å². The lowest BCUT2D eigenvalue weighted by Gasteiger charge is -2.08. The largest absolute Gasteiger partial charge is 0.326 e. The highest BCUT2D eigenvalue weighted by Crippen LogP contribution is 2.20. The summed E-state index contributed by atoms with van der Waals surface area (Å²) in [5, 5.41) is 4.64. The van der Waals surface area contributed by atoms with E-state index in [1.54, 1.807) is 0 Å². The van der Waals surface area contributed by atoms with Crippen molar-refractivity contribution in [1.82, 2.24) is 0 Å². The first kappa shape index (κ1) is 14.2. The fourth-order valence-corrected chi connectivity index (χ4v) is 2.40. The van der Waals surface area contributed by atoms with E-state index in [9.17, 15) is 13.6 Å². The van der Waals surface area contributed by atoms with Crippen LogP contribution in [0.25, 0.3) is 10.8 Å². The van der Waals surface area contributed by atoms with Crippen LogP contribution in [0.4, 0.5) is 14.5 Å². The van der Waals surface area contributed by atoms with Crippen LogP contribution in [0.5, 0.6) is 0 Å². The van der Waals surface area contributed by atoms with Gasteiger partial charge in [0.15, 0.2) is 11.6 Å². The van der Waals surface area contributed by atoms with Gasteiger partial charge in [0, 0.05) is 11.8 Å². The summed E-state index contributed by atoms with van der Waals surface area (Å²) in [6, 6.07) is 16.8. The highest BCUT2D eigenvalue weighted by molar-refractivity contribution is 5.96.